The number of amides is 2. The number of nitrogens with zero attached hydrogens (tertiary/aromatic N) is 1. The molecule has 0 unspecified atom stereocenters. The van der Waals surface area contributed by atoms with Crippen LogP contribution in [0.15, 0.2) is 48.5 Å². The summed E-state index contributed by atoms with van der Waals surface area (Å²) >= 11 is 5.96. The lowest BCUT2D eigenvalue weighted by Gasteiger charge is -2.12. The number of benzene rings is 2. The Labute approximate surface area is 162 Å². The number of aromatic amines is 1. The lowest BCUT2D eigenvalue weighted by atomic mass is 10.2. The molecule has 2 aromatic carbocycles. The average Bonchev–Trinajstić information content (AvgIpc) is 3.08. The van der Waals surface area contributed by atoms with Crippen molar-refractivity contribution in [1.29, 1.82) is 0 Å². The van der Waals surface area contributed by atoms with Gasteiger partial charge >= 0.3 is 0 Å². The molecule has 7 heteroatoms. The Morgan fingerprint density at radius 2 is 1.63 bits per heavy atom. The maximum atomic E-state index is 12.2. The first-order valence-electron chi connectivity index (χ1n) is 8.56. The number of hydrogen-bond donors (Lipinski definition) is 3. The highest BCUT2D eigenvalue weighted by atomic mass is 35.5. The highest BCUT2D eigenvalue weighted by molar-refractivity contribution is 6.31. The second kappa shape index (κ2) is 8.14. The monoisotopic (exact) mass is 384 g/mol. The second-order valence-electron chi connectivity index (χ2n) is 6.37. The first-order valence-corrected chi connectivity index (χ1v) is 8.94. The van der Waals surface area contributed by atoms with Crippen molar-refractivity contribution >= 4 is 40.0 Å². The fraction of sp³-hybridized carbons (Fsp3) is 0.200. The van der Waals surface area contributed by atoms with Gasteiger partial charge in [-0.1, -0.05) is 11.6 Å². The van der Waals surface area contributed by atoms with Gasteiger partial charge in [-0.3, -0.25) is 9.59 Å². The third-order valence-electron chi connectivity index (χ3n) is 4.17. The molecule has 3 N–H and O–H groups in total. The molecule has 3 aromatic rings. The highest BCUT2D eigenvalue weighted by Crippen LogP contribution is 2.20. The van der Waals surface area contributed by atoms with Gasteiger partial charge in [0, 0.05) is 54.4 Å². The van der Waals surface area contributed by atoms with Crippen molar-refractivity contribution in [1.82, 2.24) is 15.6 Å². The number of carbonyl (C=O) groups excluding carboxylic acids is 2. The van der Waals surface area contributed by atoms with Gasteiger partial charge in [-0.15, -0.1) is 0 Å². The van der Waals surface area contributed by atoms with Gasteiger partial charge in [-0.2, -0.15) is 0 Å². The van der Waals surface area contributed by atoms with Crippen LogP contribution in [-0.4, -0.2) is 44.0 Å². The molecule has 3 rings (SSSR count). The molecule has 0 aliphatic carbocycles. The van der Waals surface area contributed by atoms with Crippen molar-refractivity contribution in [2.45, 2.75) is 0 Å². The smallest absolute Gasteiger partial charge is 0.267 e. The van der Waals surface area contributed by atoms with Crippen LogP contribution < -0.4 is 15.5 Å². The van der Waals surface area contributed by atoms with E-state index in [1.54, 1.807) is 30.3 Å². The van der Waals surface area contributed by atoms with Crippen molar-refractivity contribution in [2.24, 2.45) is 0 Å². The van der Waals surface area contributed by atoms with E-state index >= 15 is 0 Å². The summed E-state index contributed by atoms with van der Waals surface area (Å²) in [6, 6.07) is 14.5. The van der Waals surface area contributed by atoms with Crippen LogP contribution in [0, 0.1) is 0 Å². The van der Waals surface area contributed by atoms with E-state index in [0.29, 0.717) is 29.4 Å². The molecule has 0 aliphatic rings. The summed E-state index contributed by atoms with van der Waals surface area (Å²) in [5.41, 5.74) is 2.91. The van der Waals surface area contributed by atoms with E-state index in [4.69, 9.17) is 11.6 Å². The first kappa shape index (κ1) is 18.8. The minimum absolute atomic E-state index is 0.171. The molecule has 0 bridgehead atoms. The van der Waals surface area contributed by atoms with E-state index in [0.717, 1.165) is 16.6 Å². The second-order valence-corrected chi connectivity index (χ2v) is 6.80. The molecule has 0 spiro atoms. The molecule has 0 fully saturated rings. The molecule has 6 nitrogen and oxygen atoms in total. The van der Waals surface area contributed by atoms with Gasteiger partial charge in [0.2, 0.25) is 0 Å². The Kier molecular flexibility index (Phi) is 5.66. The summed E-state index contributed by atoms with van der Waals surface area (Å²) in [6.07, 6.45) is 0. The third-order valence-corrected chi connectivity index (χ3v) is 4.40. The Morgan fingerprint density at radius 1 is 0.963 bits per heavy atom. The SMILES string of the molecule is CN(C)c1ccc(C(=O)NCCNC(=O)c2cc3cc(Cl)ccc3[nH]2)cc1. The number of halogens is 1. The Balaban J connectivity index is 1.48. The van der Waals surface area contributed by atoms with E-state index in [1.165, 1.54) is 0 Å². The molecule has 0 aliphatic heterocycles. The molecule has 0 atom stereocenters. The van der Waals surface area contributed by atoms with Gasteiger partial charge in [0.05, 0.1) is 0 Å². The standard InChI is InChI=1S/C20H21ClN4O2/c1-25(2)16-6-3-13(4-7-16)19(26)22-9-10-23-20(27)18-12-14-11-15(21)5-8-17(14)24-18/h3-8,11-12,24H,9-10H2,1-2H3,(H,22,26)(H,23,27). The lowest BCUT2D eigenvalue weighted by molar-refractivity contribution is 0.0925. The Morgan fingerprint density at radius 3 is 2.30 bits per heavy atom. The highest BCUT2D eigenvalue weighted by Gasteiger charge is 2.10. The van der Waals surface area contributed by atoms with E-state index < -0.39 is 0 Å². The number of carbonyl (C=O) groups is 2. The molecule has 0 saturated heterocycles. The number of hydrogen-bond acceptors (Lipinski definition) is 3. The number of aromatic nitrogens is 1. The van der Waals surface area contributed by atoms with Crippen molar-refractivity contribution in [3.8, 4) is 0 Å². The van der Waals surface area contributed by atoms with Gasteiger partial charge in [0.1, 0.15) is 5.69 Å². The van der Waals surface area contributed by atoms with Crippen LogP contribution in [0.4, 0.5) is 5.69 Å². The van der Waals surface area contributed by atoms with Crippen molar-refractivity contribution in [2.75, 3.05) is 32.1 Å². The number of rotatable bonds is 6. The van der Waals surface area contributed by atoms with E-state index in [1.807, 2.05) is 37.2 Å². The van der Waals surface area contributed by atoms with Crippen LogP contribution in [-0.2, 0) is 0 Å². The number of nitrogens with one attached hydrogen (secondary N) is 3. The summed E-state index contributed by atoms with van der Waals surface area (Å²) in [7, 11) is 3.89. The fourth-order valence-electron chi connectivity index (χ4n) is 2.69. The van der Waals surface area contributed by atoms with Crippen LogP contribution in [0.2, 0.25) is 5.02 Å². The molecule has 1 heterocycles. The van der Waals surface area contributed by atoms with Crippen LogP contribution >= 0.6 is 11.6 Å². The van der Waals surface area contributed by atoms with E-state index in [-0.39, 0.29) is 11.8 Å². The zero-order chi connectivity index (χ0) is 19.4. The maximum Gasteiger partial charge on any atom is 0.267 e. The molecule has 1 aromatic heterocycles. The summed E-state index contributed by atoms with van der Waals surface area (Å²) in [5, 5.41) is 7.07. The van der Waals surface area contributed by atoms with E-state index in [9.17, 15) is 9.59 Å². The van der Waals surface area contributed by atoms with Gasteiger partial charge in [-0.05, 0) is 48.5 Å². The van der Waals surface area contributed by atoms with Crippen molar-refractivity contribution in [3.05, 3.63) is 64.8 Å². The third kappa shape index (κ3) is 4.60. The zero-order valence-electron chi connectivity index (χ0n) is 15.2. The topological polar surface area (TPSA) is 77.2 Å². The van der Waals surface area contributed by atoms with Gasteiger partial charge in [-0.25, -0.2) is 0 Å². The summed E-state index contributed by atoms with van der Waals surface area (Å²) in [4.78, 5) is 29.4. The number of H-pyrrole nitrogens is 1. The van der Waals surface area contributed by atoms with Crippen LogP contribution in [0.1, 0.15) is 20.8 Å². The van der Waals surface area contributed by atoms with Gasteiger partial charge < -0.3 is 20.5 Å². The summed E-state index contributed by atoms with van der Waals surface area (Å²) in [5.74, 6) is -0.401. The summed E-state index contributed by atoms with van der Waals surface area (Å²) < 4.78 is 0. The predicted molar refractivity (Wildman–Crippen MR) is 109 cm³/mol. The largest absolute Gasteiger partial charge is 0.378 e. The Hall–Kier alpha value is -2.99. The quantitative estimate of drug-likeness (QED) is 0.572. The Bertz CT molecular complexity index is 964. The molecule has 140 valence electrons. The number of anilines is 1. The van der Waals surface area contributed by atoms with Gasteiger partial charge in [0.25, 0.3) is 11.8 Å². The van der Waals surface area contributed by atoms with Crippen LogP contribution in [0.5, 0.6) is 0 Å². The minimum atomic E-state index is -0.230. The van der Waals surface area contributed by atoms with Gasteiger partial charge in [0.15, 0.2) is 0 Å². The normalized spacial score (nSPS) is 10.6. The fourth-order valence-corrected chi connectivity index (χ4v) is 2.87. The lowest BCUT2D eigenvalue weighted by Crippen LogP contribution is -2.34. The number of fused-ring (bicyclic) bond motifs is 1. The summed E-state index contributed by atoms with van der Waals surface area (Å²) in [6.45, 7) is 0.669. The maximum absolute atomic E-state index is 12.2. The van der Waals surface area contributed by atoms with Crippen LogP contribution in [0.25, 0.3) is 10.9 Å². The zero-order valence-corrected chi connectivity index (χ0v) is 15.9. The molecule has 2 amide bonds. The molecule has 27 heavy (non-hydrogen) atoms. The van der Waals surface area contributed by atoms with E-state index in [2.05, 4.69) is 15.6 Å². The first-order chi connectivity index (χ1) is 12.9. The van der Waals surface area contributed by atoms with Crippen molar-refractivity contribution in [3.63, 3.8) is 0 Å². The molecule has 0 saturated carbocycles. The molecule has 0 radical (unpaired) electrons. The molecular weight excluding hydrogens is 364 g/mol. The average molecular weight is 385 g/mol. The van der Waals surface area contributed by atoms with Crippen LogP contribution in [0.3, 0.4) is 0 Å². The minimum Gasteiger partial charge on any atom is -0.378 e. The van der Waals surface area contributed by atoms with Crippen molar-refractivity contribution < 1.29 is 9.59 Å². The predicted octanol–water partition coefficient (Wildman–Crippen LogP) is 3.05. The molecular formula is C20H21ClN4O2.